The van der Waals surface area contributed by atoms with Gasteiger partial charge in [0.2, 0.25) is 5.91 Å². The summed E-state index contributed by atoms with van der Waals surface area (Å²) in [6.07, 6.45) is 0.761. The van der Waals surface area contributed by atoms with Crippen molar-refractivity contribution >= 4 is 34.7 Å². The van der Waals surface area contributed by atoms with E-state index in [2.05, 4.69) is 27.0 Å². The van der Waals surface area contributed by atoms with E-state index in [1.165, 1.54) is 16.6 Å². The van der Waals surface area contributed by atoms with E-state index in [4.69, 9.17) is 0 Å². The molecule has 5 nitrogen and oxygen atoms in total. The van der Waals surface area contributed by atoms with Gasteiger partial charge in [-0.15, -0.1) is 21.5 Å². The molecule has 0 unspecified atom stereocenters. The number of nitrogens with zero attached hydrogens (tertiary/aromatic N) is 3. The van der Waals surface area contributed by atoms with Crippen molar-refractivity contribution < 1.29 is 4.79 Å². The molecule has 0 fully saturated rings. The van der Waals surface area contributed by atoms with Crippen LogP contribution < -0.4 is 5.32 Å². The maximum Gasteiger partial charge on any atom is 0.234 e. The highest BCUT2D eigenvalue weighted by Gasteiger charge is 2.12. The molecule has 0 atom stereocenters. The summed E-state index contributed by atoms with van der Waals surface area (Å²) >= 11 is 3.10. The number of thiophene rings is 1. The van der Waals surface area contributed by atoms with Gasteiger partial charge in [0.1, 0.15) is 5.82 Å². The number of thioether (sulfide) groups is 1. The van der Waals surface area contributed by atoms with Gasteiger partial charge in [-0.25, -0.2) is 0 Å². The van der Waals surface area contributed by atoms with Gasteiger partial charge in [-0.1, -0.05) is 36.0 Å². The summed E-state index contributed by atoms with van der Waals surface area (Å²) in [6.45, 7) is 1.97. The third-order valence-electron chi connectivity index (χ3n) is 3.59. The predicted octanol–water partition coefficient (Wildman–Crippen LogP) is 3.51. The Hall–Kier alpha value is -2.12. The van der Waals surface area contributed by atoms with Crippen LogP contribution in [0.25, 0.3) is 0 Å². The van der Waals surface area contributed by atoms with Crippen LogP contribution in [0, 0.1) is 6.92 Å². The minimum atomic E-state index is -0.0443. The van der Waals surface area contributed by atoms with Crippen LogP contribution >= 0.6 is 23.1 Å². The maximum atomic E-state index is 12.1. The molecule has 0 saturated heterocycles. The summed E-state index contributed by atoms with van der Waals surface area (Å²) in [4.78, 5) is 13.4. The van der Waals surface area contributed by atoms with E-state index in [-0.39, 0.29) is 5.91 Å². The van der Waals surface area contributed by atoms with Gasteiger partial charge in [-0.2, -0.15) is 0 Å². The Morgan fingerprint density at radius 2 is 2.08 bits per heavy atom. The number of benzene rings is 1. The summed E-state index contributed by atoms with van der Waals surface area (Å²) in [5, 5.41) is 14.2. The number of hydrogen-bond donors (Lipinski definition) is 1. The van der Waals surface area contributed by atoms with Gasteiger partial charge in [0, 0.05) is 24.0 Å². The first kappa shape index (κ1) is 16.7. The quantitative estimate of drug-likeness (QED) is 0.685. The first-order valence-corrected chi connectivity index (χ1v) is 9.39. The van der Waals surface area contributed by atoms with Gasteiger partial charge in [-0.3, -0.25) is 4.79 Å². The van der Waals surface area contributed by atoms with Gasteiger partial charge in [-0.05, 0) is 30.0 Å². The molecule has 2 aromatic heterocycles. The summed E-state index contributed by atoms with van der Waals surface area (Å²) < 4.78 is 1.95. The lowest BCUT2D eigenvalue weighted by Gasteiger charge is -2.07. The summed E-state index contributed by atoms with van der Waals surface area (Å²) in [5.74, 6) is 1.16. The van der Waals surface area contributed by atoms with E-state index in [1.54, 1.807) is 11.3 Å². The second kappa shape index (κ2) is 7.63. The normalized spacial score (nSPS) is 10.8. The largest absolute Gasteiger partial charge is 0.325 e. The lowest BCUT2D eigenvalue weighted by Crippen LogP contribution is -2.15. The fraction of sp³-hybridized carbons (Fsp3) is 0.235. The lowest BCUT2D eigenvalue weighted by atomic mass is 10.2. The van der Waals surface area contributed by atoms with Crippen LogP contribution in [0.1, 0.15) is 16.3 Å². The molecule has 124 valence electrons. The maximum absolute atomic E-state index is 12.1. The Balaban J connectivity index is 1.58. The molecule has 1 aromatic carbocycles. The number of amides is 1. The van der Waals surface area contributed by atoms with E-state index in [0.717, 1.165) is 28.7 Å². The molecule has 0 aliphatic carbocycles. The summed E-state index contributed by atoms with van der Waals surface area (Å²) in [5.41, 5.74) is 1.90. The second-order valence-corrected chi connectivity index (χ2v) is 7.34. The molecule has 0 aliphatic heterocycles. The van der Waals surface area contributed by atoms with Crippen molar-refractivity contribution in [2.45, 2.75) is 18.5 Å². The zero-order chi connectivity index (χ0) is 16.9. The number of carbonyl (C=O) groups excluding carboxylic acids is 1. The third-order valence-corrected chi connectivity index (χ3v) is 5.49. The molecule has 24 heavy (non-hydrogen) atoms. The van der Waals surface area contributed by atoms with Crippen LogP contribution in [0.15, 0.2) is 46.9 Å². The molecule has 1 amide bonds. The second-order valence-electron chi connectivity index (χ2n) is 5.37. The number of aromatic nitrogens is 3. The van der Waals surface area contributed by atoms with E-state index in [9.17, 15) is 4.79 Å². The van der Waals surface area contributed by atoms with E-state index in [1.807, 2.05) is 48.9 Å². The Kier molecular flexibility index (Phi) is 5.32. The SMILES string of the molecule is Cc1ccccc1NC(=O)CSc1nnc(Cc2cccs2)n1C. The highest BCUT2D eigenvalue weighted by atomic mass is 32.2. The number of nitrogens with one attached hydrogen (secondary N) is 1. The van der Waals surface area contributed by atoms with Crippen molar-refractivity contribution in [3.63, 3.8) is 0 Å². The average Bonchev–Trinajstić information content (AvgIpc) is 3.19. The van der Waals surface area contributed by atoms with Gasteiger partial charge in [0.25, 0.3) is 0 Å². The molecule has 3 aromatic rings. The Morgan fingerprint density at radius 3 is 2.83 bits per heavy atom. The molecule has 0 radical (unpaired) electrons. The zero-order valence-electron chi connectivity index (χ0n) is 13.5. The van der Waals surface area contributed by atoms with Crippen molar-refractivity contribution in [2.24, 2.45) is 7.05 Å². The van der Waals surface area contributed by atoms with Crippen molar-refractivity contribution in [2.75, 3.05) is 11.1 Å². The van der Waals surface area contributed by atoms with Crippen LogP contribution in [0.5, 0.6) is 0 Å². The molecule has 0 aliphatic rings. The molecule has 3 rings (SSSR count). The fourth-order valence-corrected chi connectivity index (χ4v) is 3.65. The summed E-state index contributed by atoms with van der Waals surface area (Å²) in [6, 6.07) is 11.9. The zero-order valence-corrected chi connectivity index (χ0v) is 15.2. The van der Waals surface area contributed by atoms with E-state index < -0.39 is 0 Å². The Morgan fingerprint density at radius 1 is 1.25 bits per heavy atom. The predicted molar refractivity (Wildman–Crippen MR) is 98.7 cm³/mol. The highest BCUT2D eigenvalue weighted by Crippen LogP contribution is 2.20. The lowest BCUT2D eigenvalue weighted by molar-refractivity contribution is -0.113. The number of carbonyl (C=O) groups is 1. The van der Waals surface area contributed by atoms with Crippen LogP contribution in [0.4, 0.5) is 5.69 Å². The minimum Gasteiger partial charge on any atom is -0.325 e. The molecule has 0 saturated carbocycles. The van der Waals surface area contributed by atoms with Crippen molar-refractivity contribution in [1.29, 1.82) is 0 Å². The molecular formula is C17H18N4OS2. The molecule has 7 heteroatoms. The monoisotopic (exact) mass is 358 g/mol. The number of anilines is 1. The standard InChI is InChI=1S/C17H18N4OS2/c1-12-6-3-4-8-14(12)18-16(22)11-24-17-20-19-15(21(17)2)10-13-7-5-9-23-13/h3-9H,10-11H2,1-2H3,(H,18,22). The topological polar surface area (TPSA) is 59.8 Å². The molecule has 0 spiro atoms. The van der Waals surface area contributed by atoms with E-state index in [0.29, 0.717) is 5.75 Å². The molecular weight excluding hydrogens is 340 g/mol. The van der Waals surface area contributed by atoms with Gasteiger partial charge in [0.05, 0.1) is 5.75 Å². The average molecular weight is 358 g/mol. The van der Waals surface area contributed by atoms with Crippen LogP contribution in [0.3, 0.4) is 0 Å². The molecule has 2 heterocycles. The molecule has 0 bridgehead atoms. The van der Waals surface area contributed by atoms with Crippen LogP contribution in [-0.4, -0.2) is 26.4 Å². The van der Waals surface area contributed by atoms with Gasteiger partial charge < -0.3 is 9.88 Å². The van der Waals surface area contributed by atoms with Crippen molar-refractivity contribution in [3.05, 3.63) is 58.0 Å². The third kappa shape index (κ3) is 4.04. The van der Waals surface area contributed by atoms with Crippen molar-refractivity contribution in [3.8, 4) is 0 Å². The first-order chi connectivity index (χ1) is 11.6. The van der Waals surface area contributed by atoms with Gasteiger partial charge in [0.15, 0.2) is 5.16 Å². The smallest absolute Gasteiger partial charge is 0.234 e. The molecule has 1 N–H and O–H groups in total. The van der Waals surface area contributed by atoms with Crippen LogP contribution in [0.2, 0.25) is 0 Å². The number of aryl methyl sites for hydroxylation is 1. The number of hydrogen-bond acceptors (Lipinski definition) is 5. The first-order valence-electron chi connectivity index (χ1n) is 7.52. The van der Waals surface area contributed by atoms with Crippen LogP contribution in [-0.2, 0) is 18.3 Å². The number of para-hydroxylation sites is 1. The van der Waals surface area contributed by atoms with E-state index >= 15 is 0 Å². The van der Waals surface area contributed by atoms with Crippen molar-refractivity contribution in [1.82, 2.24) is 14.8 Å². The summed E-state index contributed by atoms with van der Waals surface area (Å²) in [7, 11) is 1.94. The Bertz CT molecular complexity index is 827. The Labute approximate surface area is 149 Å². The fourth-order valence-electron chi connectivity index (χ4n) is 2.22. The van der Waals surface area contributed by atoms with Gasteiger partial charge >= 0.3 is 0 Å². The minimum absolute atomic E-state index is 0.0443. The highest BCUT2D eigenvalue weighted by molar-refractivity contribution is 7.99. The number of rotatable bonds is 6.